The van der Waals surface area contributed by atoms with Gasteiger partial charge in [-0.15, -0.1) is 0 Å². The van der Waals surface area contributed by atoms with E-state index in [0.717, 1.165) is 28.1 Å². The third-order valence-corrected chi connectivity index (χ3v) is 2.46. The Morgan fingerprint density at radius 2 is 1.78 bits per heavy atom. The molecular weight excluding hydrogens is 218 g/mol. The minimum Gasteiger partial charge on any atom is -0.248 e. The summed E-state index contributed by atoms with van der Waals surface area (Å²) in [5.41, 5.74) is 4.43. The van der Waals surface area contributed by atoms with Gasteiger partial charge in [0.1, 0.15) is 0 Å². The third kappa shape index (κ3) is 2.83. The molecule has 0 atom stereocenters. The number of rotatable bonds is 6. The summed E-state index contributed by atoms with van der Waals surface area (Å²) in [5, 5.41) is 0. The van der Waals surface area contributed by atoms with E-state index < -0.39 is 0 Å². The Balaban J connectivity index is 3.36. The normalized spacial score (nSPS) is 16.9. The third-order valence-electron chi connectivity index (χ3n) is 2.46. The van der Waals surface area contributed by atoms with E-state index >= 15 is 0 Å². The molecule has 0 spiro atoms. The van der Waals surface area contributed by atoms with Gasteiger partial charge in [0.05, 0.1) is 11.4 Å². The topological polar surface area (TPSA) is 12.4 Å². The number of allylic oxidation sites excluding steroid dienone is 10. The summed E-state index contributed by atoms with van der Waals surface area (Å²) in [6, 6.07) is 0. The fraction of sp³-hybridized carbons (Fsp3) is 0. The lowest BCUT2D eigenvalue weighted by Gasteiger charge is -2.02. The second-order valence-electron chi connectivity index (χ2n) is 3.64. The van der Waals surface area contributed by atoms with Gasteiger partial charge in [-0.3, -0.25) is 0 Å². The largest absolute Gasteiger partial charge is 0.248 e. The lowest BCUT2D eigenvalue weighted by atomic mass is 9.99. The molecule has 0 aromatic rings. The molecule has 0 bridgehead atoms. The van der Waals surface area contributed by atoms with Gasteiger partial charge in [-0.25, -0.2) is 4.99 Å². The fourth-order valence-corrected chi connectivity index (χ4v) is 1.57. The number of hydrogen-bond donors (Lipinski definition) is 0. The van der Waals surface area contributed by atoms with Gasteiger partial charge >= 0.3 is 0 Å². The molecule has 1 heteroatoms. The van der Waals surface area contributed by atoms with Crippen molar-refractivity contribution in [1.29, 1.82) is 0 Å². The van der Waals surface area contributed by atoms with Crippen LogP contribution in [0.15, 0.2) is 103 Å². The second kappa shape index (κ2) is 6.36. The van der Waals surface area contributed by atoms with Crippen LogP contribution >= 0.6 is 0 Å². The summed E-state index contributed by atoms with van der Waals surface area (Å²) in [7, 11) is 0. The van der Waals surface area contributed by atoms with Crippen molar-refractivity contribution in [3.63, 3.8) is 0 Å². The maximum atomic E-state index is 4.46. The first kappa shape index (κ1) is 13.7. The van der Waals surface area contributed by atoms with Crippen molar-refractivity contribution >= 4 is 5.71 Å². The number of nitrogens with zero attached hydrogens (tertiary/aromatic N) is 1. The van der Waals surface area contributed by atoms with Crippen molar-refractivity contribution in [3.8, 4) is 0 Å². The van der Waals surface area contributed by atoms with Crippen molar-refractivity contribution in [2.24, 2.45) is 4.99 Å². The monoisotopic (exact) mass is 235 g/mol. The zero-order chi connectivity index (χ0) is 13.5. The van der Waals surface area contributed by atoms with Crippen LogP contribution in [0.5, 0.6) is 0 Å². The lowest BCUT2D eigenvalue weighted by molar-refractivity contribution is 1.42. The molecule has 1 aliphatic heterocycles. The Labute approximate surface area is 109 Å². The molecular formula is C17H17N. The summed E-state index contributed by atoms with van der Waals surface area (Å²) in [6.07, 6.45) is 12.6. The average molecular weight is 235 g/mol. The Hall–Kier alpha value is -2.41. The van der Waals surface area contributed by atoms with Gasteiger partial charge in [0.2, 0.25) is 0 Å². The molecule has 0 saturated heterocycles. The molecule has 0 fully saturated rings. The standard InChI is InChI=1S/C17H17N/c1-6-10-11-14-15(12-13(5)7-2)17(9-4)18-16(14)8-3/h6-12H,1-5H2/b11-10-,15-12-. The van der Waals surface area contributed by atoms with Crippen LogP contribution in [0.1, 0.15) is 0 Å². The molecule has 0 aliphatic carbocycles. The van der Waals surface area contributed by atoms with E-state index in [1.165, 1.54) is 0 Å². The molecule has 0 unspecified atom stereocenters. The quantitative estimate of drug-likeness (QED) is 0.602. The molecule has 1 rings (SSSR count). The highest BCUT2D eigenvalue weighted by atomic mass is 14.8. The Morgan fingerprint density at radius 1 is 1.06 bits per heavy atom. The molecule has 0 saturated carbocycles. The van der Waals surface area contributed by atoms with Gasteiger partial charge < -0.3 is 0 Å². The first-order chi connectivity index (χ1) is 8.67. The first-order valence-electron chi connectivity index (χ1n) is 5.58. The minimum atomic E-state index is 0.816. The Bertz CT molecular complexity index is 534. The van der Waals surface area contributed by atoms with Gasteiger partial charge in [-0.05, 0) is 23.8 Å². The van der Waals surface area contributed by atoms with Crippen LogP contribution in [0.4, 0.5) is 0 Å². The smallest absolute Gasteiger partial charge is 0.0710 e. The minimum absolute atomic E-state index is 0.816. The molecule has 90 valence electrons. The van der Waals surface area contributed by atoms with Gasteiger partial charge in [0.25, 0.3) is 0 Å². The van der Waals surface area contributed by atoms with E-state index in [1.807, 2.05) is 18.2 Å². The van der Waals surface area contributed by atoms with Gasteiger partial charge in [-0.2, -0.15) is 0 Å². The molecule has 1 nitrogen and oxygen atoms in total. The van der Waals surface area contributed by atoms with Crippen LogP contribution < -0.4 is 0 Å². The van der Waals surface area contributed by atoms with Crippen LogP contribution in [-0.4, -0.2) is 5.71 Å². The first-order valence-corrected chi connectivity index (χ1v) is 5.58. The van der Waals surface area contributed by atoms with Crippen LogP contribution in [0.3, 0.4) is 0 Å². The summed E-state index contributed by atoms with van der Waals surface area (Å²) < 4.78 is 0. The average Bonchev–Trinajstić information content (AvgIpc) is 2.73. The molecule has 1 heterocycles. The van der Waals surface area contributed by atoms with E-state index in [9.17, 15) is 0 Å². The van der Waals surface area contributed by atoms with E-state index in [2.05, 4.69) is 37.9 Å². The van der Waals surface area contributed by atoms with E-state index in [4.69, 9.17) is 0 Å². The zero-order valence-corrected chi connectivity index (χ0v) is 10.5. The molecule has 0 N–H and O–H groups in total. The second-order valence-corrected chi connectivity index (χ2v) is 3.64. The summed E-state index contributed by atoms with van der Waals surface area (Å²) in [6.45, 7) is 18.8. The molecule has 0 aromatic heterocycles. The van der Waals surface area contributed by atoms with Crippen molar-refractivity contribution in [3.05, 3.63) is 97.8 Å². The SMILES string of the molecule is C=C/C=C\C1=C(C=C)N=C(C=C)/C1=C\C(=C)C=C. The Morgan fingerprint density at radius 3 is 2.28 bits per heavy atom. The predicted octanol–water partition coefficient (Wildman–Crippen LogP) is 4.48. The van der Waals surface area contributed by atoms with Crippen LogP contribution in [0, 0.1) is 0 Å². The highest BCUT2D eigenvalue weighted by molar-refractivity contribution is 6.15. The molecule has 1 aliphatic rings. The lowest BCUT2D eigenvalue weighted by Crippen LogP contribution is -1.96. The van der Waals surface area contributed by atoms with E-state index in [-0.39, 0.29) is 0 Å². The van der Waals surface area contributed by atoms with Crippen molar-refractivity contribution < 1.29 is 0 Å². The maximum absolute atomic E-state index is 4.46. The molecule has 0 amide bonds. The van der Waals surface area contributed by atoms with Gasteiger partial charge in [0, 0.05) is 11.1 Å². The summed E-state index contributed by atoms with van der Waals surface area (Å²) >= 11 is 0. The van der Waals surface area contributed by atoms with Gasteiger partial charge in [0.15, 0.2) is 0 Å². The van der Waals surface area contributed by atoms with E-state index in [0.29, 0.717) is 0 Å². The van der Waals surface area contributed by atoms with Crippen LogP contribution in [-0.2, 0) is 0 Å². The highest BCUT2D eigenvalue weighted by Crippen LogP contribution is 2.28. The van der Waals surface area contributed by atoms with Crippen LogP contribution in [0.25, 0.3) is 0 Å². The van der Waals surface area contributed by atoms with Crippen LogP contribution in [0.2, 0.25) is 0 Å². The molecule has 18 heavy (non-hydrogen) atoms. The number of aliphatic imine (C=N–C) groups is 1. The Kier molecular flexibility index (Phi) is 4.82. The molecule has 0 aromatic carbocycles. The number of hydrogen-bond acceptors (Lipinski definition) is 1. The van der Waals surface area contributed by atoms with Crippen molar-refractivity contribution in [2.75, 3.05) is 0 Å². The summed E-state index contributed by atoms with van der Waals surface area (Å²) in [5.74, 6) is 0. The highest BCUT2D eigenvalue weighted by Gasteiger charge is 2.18. The maximum Gasteiger partial charge on any atom is 0.0710 e. The zero-order valence-electron chi connectivity index (χ0n) is 10.5. The van der Waals surface area contributed by atoms with E-state index in [1.54, 1.807) is 24.3 Å². The van der Waals surface area contributed by atoms with Crippen molar-refractivity contribution in [1.82, 2.24) is 0 Å². The van der Waals surface area contributed by atoms with Gasteiger partial charge in [-0.1, -0.05) is 57.2 Å². The fourth-order valence-electron chi connectivity index (χ4n) is 1.57. The molecule has 0 radical (unpaired) electrons. The van der Waals surface area contributed by atoms with Crippen molar-refractivity contribution in [2.45, 2.75) is 0 Å². The predicted molar refractivity (Wildman–Crippen MR) is 81.6 cm³/mol. The summed E-state index contributed by atoms with van der Waals surface area (Å²) in [4.78, 5) is 4.46.